The molecule has 3 heteroatoms. The number of hydrogen-bond acceptors (Lipinski definition) is 3. The van der Waals surface area contributed by atoms with Crippen molar-refractivity contribution in [2.75, 3.05) is 11.6 Å². The molecule has 0 amide bonds. The molecule has 1 saturated carbocycles. The third kappa shape index (κ3) is 3.13. The largest absolute Gasteiger partial charge is 0.367 e. The molecule has 0 unspecified atom stereocenters. The van der Waals surface area contributed by atoms with Gasteiger partial charge in [0.2, 0.25) is 0 Å². The summed E-state index contributed by atoms with van der Waals surface area (Å²) in [5, 5.41) is 3.52. The Morgan fingerprint density at radius 3 is 3.00 bits per heavy atom. The van der Waals surface area contributed by atoms with Crippen molar-refractivity contribution in [1.82, 2.24) is 4.98 Å². The summed E-state index contributed by atoms with van der Waals surface area (Å²) >= 11 is 1.85. The number of nitrogens with one attached hydrogen (secondary N) is 1. The van der Waals surface area contributed by atoms with E-state index in [4.69, 9.17) is 0 Å². The molecule has 2 nitrogen and oxygen atoms in total. The van der Waals surface area contributed by atoms with Crippen LogP contribution in [0.4, 0.5) is 5.82 Å². The first kappa shape index (κ1) is 10.8. The molecule has 0 bridgehead atoms. The van der Waals surface area contributed by atoms with Gasteiger partial charge in [-0.05, 0) is 36.8 Å². The van der Waals surface area contributed by atoms with Crippen LogP contribution in [0.2, 0.25) is 0 Å². The van der Waals surface area contributed by atoms with Crippen LogP contribution < -0.4 is 5.32 Å². The molecule has 1 N–H and O–H groups in total. The van der Waals surface area contributed by atoms with Gasteiger partial charge in [0.25, 0.3) is 0 Å². The Labute approximate surface area is 95.9 Å². The summed E-state index contributed by atoms with van der Waals surface area (Å²) in [6.45, 7) is 0. The zero-order chi connectivity index (χ0) is 10.5. The summed E-state index contributed by atoms with van der Waals surface area (Å²) < 4.78 is 0. The molecular formula is C12H18N2S. The second-order valence-electron chi connectivity index (χ2n) is 4.11. The summed E-state index contributed by atoms with van der Waals surface area (Å²) in [5.41, 5.74) is 1.36. The monoisotopic (exact) mass is 222 g/mol. The molecule has 82 valence electrons. The van der Waals surface area contributed by atoms with Crippen molar-refractivity contribution in [2.45, 2.75) is 37.5 Å². The summed E-state index contributed by atoms with van der Waals surface area (Å²) in [7, 11) is 0. The number of thioether (sulfide) groups is 1. The molecule has 1 aromatic heterocycles. The van der Waals surface area contributed by atoms with Crippen molar-refractivity contribution >= 4 is 17.6 Å². The van der Waals surface area contributed by atoms with E-state index in [0.29, 0.717) is 6.04 Å². The highest BCUT2D eigenvalue weighted by Crippen LogP contribution is 2.22. The number of nitrogens with zero attached hydrogens (tertiary/aromatic N) is 1. The Kier molecular flexibility index (Phi) is 3.89. The van der Waals surface area contributed by atoms with Gasteiger partial charge in [-0.1, -0.05) is 12.8 Å². The zero-order valence-electron chi connectivity index (χ0n) is 9.20. The molecular weight excluding hydrogens is 204 g/mol. The lowest BCUT2D eigenvalue weighted by Gasteiger charge is -2.12. The Morgan fingerprint density at radius 1 is 1.47 bits per heavy atom. The first-order valence-electron chi connectivity index (χ1n) is 5.59. The molecule has 0 radical (unpaired) electrons. The van der Waals surface area contributed by atoms with E-state index in [0.717, 1.165) is 11.6 Å². The number of hydrogen-bond donors (Lipinski definition) is 1. The number of pyridine rings is 1. The topological polar surface area (TPSA) is 24.9 Å². The van der Waals surface area contributed by atoms with E-state index in [-0.39, 0.29) is 0 Å². The van der Waals surface area contributed by atoms with Gasteiger partial charge in [0, 0.05) is 18.0 Å². The molecule has 1 heterocycles. The van der Waals surface area contributed by atoms with Crippen LogP contribution in [0.1, 0.15) is 31.2 Å². The van der Waals surface area contributed by atoms with Gasteiger partial charge in [-0.2, -0.15) is 11.8 Å². The fourth-order valence-corrected chi connectivity index (χ4v) is 2.60. The van der Waals surface area contributed by atoms with E-state index in [1.807, 2.05) is 18.0 Å². The second-order valence-corrected chi connectivity index (χ2v) is 4.97. The fraction of sp³-hybridized carbons (Fsp3) is 0.583. The summed E-state index contributed by atoms with van der Waals surface area (Å²) in [6.07, 6.45) is 9.36. The molecule has 0 saturated heterocycles. The molecule has 1 aliphatic rings. The van der Waals surface area contributed by atoms with Crippen molar-refractivity contribution in [3.05, 3.63) is 23.9 Å². The van der Waals surface area contributed by atoms with Crippen LogP contribution >= 0.6 is 11.8 Å². The smallest absolute Gasteiger partial charge is 0.126 e. The lowest BCUT2D eigenvalue weighted by Crippen LogP contribution is -2.15. The van der Waals surface area contributed by atoms with E-state index in [9.17, 15) is 0 Å². The van der Waals surface area contributed by atoms with Gasteiger partial charge in [0.05, 0.1) is 0 Å². The van der Waals surface area contributed by atoms with Gasteiger partial charge in [0.1, 0.15) is 5.82 Å². The lowest BCUT2D eigenvalue weighted by atomic mass is 10.2. The van der Waals surface area contributed by atoms with E-state index in [1.165, 1.54) is 31.2 Å². The molecule has 2 rings (SSSR count). The molecule has 1 aliphatic carbocycles. The minimum Gasteiger partial charge on any atom is -0.367 e. The Bertz CT molecular complexity index is 308. The van der Waals surface area contributed by atoms with Crippen LogP contribution in [-0.4, -0.2) is 17.3 Å². The van der Waals surface area contributed by atoms with E-state index in [2.05, 4.69) is 28.7 Å². The molecule has 0 spiro atoms. The highest BCUT2D eigenvalue weighted by atomic mass is 32.2. The molecule has 0 aliphatic heterocycles. The summed E-state index contributed by atoms with van der Waals surface area (Å²) in [6, 6.07) is 4.92. The van der Waals surface area contributed by atoms with Gasteiger partial charge in [0.15, 0.2) is 0 Å². The van der Waals surface area contributed by atoms with Crippen LogP contribution in [0.3, 0.4) is 0 Å². The van der Waals surface area contributed by atoms with Crippen LogP contribution in [0.15, 0.2) is 18.3 Å². The first-order valence-corrected chi connectivity index (χ1v) is 6.98. The number of anilines is 1. The van der Waals surface area contributed by atoms with Gasteiger partial charge in [-0.3, -0.25) is 0 Å². The maximum Gasteiger partial charge on any atom is 0.126 e. The third-order valence-electron chi connectivity index (χ3n) is 2.84. The van der Waals surface area contributed by atoms with Crippen LogP contribution in [0, 0.1) is 0 Å². The molecule has 1 fully saturated rings. The molecule has 0 aromatic carbocycles. The number of rotatable bonds is 4. The van der Waals surface area contributed by atoms with Gasteiger partial charge in [-0.15, -0.1) is 0 Å². The van der Waals surface area contributed by atoms with Gasteiger partial charge in [-0.25, -0.2) is 4.98 Å². The van der Waals surface area contributed by atoms with Crippen LogP contribution in [0.25, 0.3) is 0 Å². The maximum atomic E-state index is 4.36. The third-order valence-corrected chi connectivity index (χ3v) is 3.46. The van der Waals surface area contributed by atoms with Crippen molar-refractivity contribution in [3.63, 3.8) is 0 Å². The highest BCUT2D eigenvalue weighted by molar-refractivity contribution is 7.97. The SMILES string of the molecule is CSCc1ccnc(NC2CCCC2)c1. The molecule has 15 heavy (non-hydrogen) atoms. The minimum absolute atomic E-state index is 0.655. The predicted octanol–water partition coefficient (Wildman–Crippen LogP) is 3.30. The summed E-state index contributed by atoms with van der Waals surface area (Å²) in [4.78, 5) is 4.36. The normalized spacial score (nSPS) is 16.9. The Hall–Kier alpha value is -0.700. The van der Waals surface area contributed by atoms with E-state index in [1.54, 1.807) is 0 Å². The Balaban J connectivity index is 1.97. The molecule has 1 aromatic rings. The predicted molar refractivity (Wildman–Crippen MR) is 67.3 cm³/mol. The second kappa shape index (κ2) is 5.40. The van der Waals surface area contributed by atoms with Gasteiger partial charge >= 0.3 is 0 Å². The quantitative estimate of drug-likeness (QED) is 0.846. The van der Waals surface area contributed by atoms with Crippen LogP contribution in [-0.2, 0) is 5.75 Å². The van der Waals surface area contributed by atoms with Crippen molar-refractivity contribution in [3.8, 4) is 0 Å². The molecule has 0 atom stereocenters. The van der Waals surface area contributed by atoms with Crippen molar-refractivity contribution < 1.29 is 0 Å². The Morgan fingerprint density at radius 2 is 2.27 bits per heavy atom. The zero-order valence-corrected chi connectivity index (χ0v) is 10.0. The maximum absolute atomic E-state index is 4.36. The van der Waals surface area contributed by atoms with Gasteiger partial charge < -0.3 is 5.32 Å². The number of aromatic nitrogens is 1. The lowest BCUT2D eigenvalue weighted by molar-refractivity contribution is 0.750. The van der Waals surface area contributed by atoms with E-state index >= 15 is 0 Å². The average Bonchev–Trinajstić information content (AvgIpc) is 2.71. The first-order chi connectivity index (χ1) is 7.38. The van der Waals surface area contributed by atoms with E-state index < -0.39 is 0 Å². The standard InChI is InChI=1S/C12H18N2S/c1-15-9-10-6-7-13-12(8-10)14-11-4-2-3-5-11/h6-8,11H,2-5,9H2,1H3,(H,13,14). The minimum atomic E-state index is 0.655. The summed E-state index contributed by atoms with van der Waals surface area (Å²) in [5.74, 6) is 2.12. The average molecular weight is 222 g/mol. The van der Waals surface area contributed by atoms with Crippen LogP contribution in [0.5, 0.6) is 0 Å². The van der Waals surface area contributed by atoms with Crippen molar-refractivity contribution in [1.29, 1.82) is 0 Å². The van der Waals surface area contributed by atoms with Crippen molar-refractivity contribution in [2.24, 2.45) is 0 Å². The fourth-order valence-electron chi connectivity index (χ4n) is 2.09. The highest BCUT2D eigenvalue weighted by Gasteiger charge is 2.14.